The van der Waals surface area contributed by atoms with Crippen LogP contribution in [0.5, 0.6) is 0 Å². The van der Waals surface area contributed by atoms with Gasteiger partial charge in [-0.15, -0.1) is 0 Å². The predicted octanol–water partition coefficient (Wildman–Crippen LogP) is 3.50. The molecular weight excluding hydrogens is 322 g/mol. The van der Waals surface area contributed by atoms with Gasteiger partial charge < -0.3 is 4.74 Å². The summed E-state index contributed by atoms with van der Waals surface area (Å²) >= 11 is 1.15. The minimum Gasteiger partial charge on any atom is -0.376 e. The monoisotopic (exact) mass is 338 g/mol. The summed E-state index contributed by atoms with van der Waals surface area (Å²) in [4.78, 5) is 18.5. The Balaban J connectivity index is 1.69. The van der Waals surface area contributed by atoms with Gasteiger partial charge in [0, 0.05) is 18.6 Å². The predicted molar refractivity (Wildman–Crippen MR) is 83.6 cm³/mol. The van der Waals surface area contributed by atoms with Crippen LogP contribution in [0.2, 0.25) is 0 Å². The van der Waals surface area contributed by atoms with Crippen LogP contribution in [0, 0.1) is 17.6 Å². The van der Waals surface area contributed by atoms with Crippen LogP contribution in [0.15, 0.2) is 12.1 Å². The third kappa shape index (κ3) is 2.95. The van der Waals surface area contributed by atoms with Crippen LogP contribution in [0.25, 0.3) is 10.2 Å². The minimum atomic E-state index is -0.696. The molecule has 0 spiro atoms. The van der Waals surface area contributed by atoms with E-state index in [9.17, 15) is 13.6 Å². The number of amides is 1. The SMILES string of the molecule is O=C(C1CC1)N(C[C@H]1CCCO1)c1nc2c(F)cc(F)cc2s1. The van der Waals surface area contributed by atoms with Gasteiger partial charge in [0.1, 0.15) is 11.3 Å². The number of nitrogens with zero attached hydrogens (tertiary/aromatic N) is 2. The van der Waals surface area contributed by atoms with E-state index in [1.807, 2.05) is 0 Å². The molecule has 1 saturated heterocycles. The average molecular weight is 338 g/mol. The van der Waals surface area contributed by atoms with Gasteiger partial charge >= 0.3 is 0 Å². The van der Waals surface area contributed by atoms with Crippen molar-refractivity contribution in [2.45, 2.75) is 31.8 Å². The molecule has 1 aromatic heterocycles. The first-order valence-corrected chi connectivity index (χ1v) is 8.62. The fourth-order valence-electron chi connectivity index (χ4n) is 2.87. The third-order valence-electron chi connectivity index (χ3n) is 4.24. The molecule has 2 aliphatic rings. The van der Waals surface area contributed by atoms with Crippen LogP contribution in [0.3, 0.4) is 0 Å². The quantitative estimate of drug-likeness (QED) is 0.857. The number of rotatable bonds is 4. The Labute approximate surface area is 136 Å². The van der Waals surface area contributed by atoms with Crippen molar-refractivity contribution in [3.05, 3.63) is 23.8 Å². The molecule has 4 nitrogen and oxygen atoms in total. The fourth-order valence-corrected chi connectivity index (χ4v) is 3.89. The summed E-state index contributed by atoms with van der Waals surface area (Å²) in [6.45, 7) is 1.13. The molecule has 7 heteroatoms. The summed E-state index contributed by atoms with van der Waals surface area (Å²) in [7, 11) is 0. The van der Waals surface area contributed by atoms with E-state index in [2.05, 4.69) is 4.98 Å². The third-order valence-corrected chi connectivity index (χ3v) is 5.26. The van der Waals surface area contributed by atoms with Crippen molar-refractivity contribution >= 4 is 32.6 Å². The van der Waals surface area contributed by atoms with Crippen LogP contribution >= 0.6 is 11.3 Å². The Hall–Kier alpha value is -1.60. The Kier molecular flexibility index (Phi) is 3.77. The molecule has 1 amide bonds. The summed E-state index contributed by atoms with van der Waals surface area (Å²) in [5.41, 5.74) is 0.118. The molecule has 1 aromatic carbocycles. The van der Waals surface area contributed by atoms with Crippen molar-refractivity contribution in [3.63, 3.8) is 0 Å². The van der Waals surface area contributed by atoms with Gasteiger partial charge in [0.25, 0.3) is 0 Å². The van der Waals surface area contributed by atoms with Crippen LogP contribution in [0.1, 0.15) is 25.7 Å². The molecule has 4 rings (SSSR count). The lowest BCUT2D eigenvalue weighted by Gasteiger charge is -2.22. The molecule has 0 radical (unpaired) electrons. The molecule has 0 bridgehead atoms. The number of carbonyl (C=O) groups excluding carboxylic acids is 1. The normalized spacial score (nSPS) is 21.0. The molecule has 1 saturated carbocycles. The van der Waals surface area contributed by atoms with E-state index in [1.54, 1.807) is 4.90 Å². The topological polar surface area (TPSA) is 42.4 Å². The zero-order valence-corrected chi connectivity index (χ0v) is 13.2. The Morgan fingerprint density at radius 1 is 1.35 bits per heavy atom. The van der Waals surface area contributed by atoms with Crippen molar-refractivity contribution in [2.24, 2.45) is 5.92 Å². The zero-order chi connectivity index (χ0) is 16.0. The Bertz CT molecular complexity index is 754. The van der Waals surface area contributed by atoms with E-state index in [-0.39, 0.29) is 23.4 Å². The highest BCUT2D eigenvalue weighted by molar-refractivity contribution is 7.22. The van der Waals surface area contributed by atoms with Gasteiger partial charge in [0.15, 0.2) is 10.9 Å². The van der Waals surface area contributed by atoms with Gasteiger partial charge in [-0.1, -0.05) is 11.3 Å². The second kappa shape index (κ2) is 5.79. The number of halogens is 2. The molecular formula is C16H16F2N2O2S. The molecule has 122 valence electrons. The number of benzene rings is 1. The number of thiazole rings is 1. The first kappa shape index (κ1) is 15.0. The highest BCUT2D eigenvalue weighted by Gasteiger charge is 2.36. The number of anilines is 1. The largest absolute Gasteiger partial charge is 0.376 e. The number of ether oxygens (including phenoxy) is 1. The number of aromatic nitrogens is 1. The van der Waals surface area contributed by atoms with Crippen LogP contribution in [-0.4, -0.2) is 30.1 Å². The molecule has 1 aliphatic carbocycles. The molecule has 1 atom stereocenters. The van der Waals surface area contributed by atoms with Crippen LogP contribution < -0.4 is 4.90 Å². The smallest absolute Gasteiger partial charge is 0.231 e. The van der Waals surface area contributed by atoms with Crippen molar-refractivity contribution in [1.29, 1.82) is 0 Å². The van der Waals surface area contributed by atoms with E-state index < -0.39 is 11.6 Å². The first-order valence-electron chi connectivity index (χ1n) is 7.80. The molecule has 2 heterocycles. The van der Waals surface area contributed by atoms with E-state index >= 15 is 0 Å². The Morgan fingerprint density at radius 3 is 2.87 bits per heavy atom. The number of carbonyl (C=O) groups is 1. The van der Waals surface area contributed by atoms with E-state index in [4.69, 9.17) is 4.74 Å². The lowest BCUT2D eigenvalue weighted by molar-refractivity contribution is -0.120. The highest BCUT2D eigenvalue weighted by atomic mass is 32.1. The summed E-state index contributed by atoms with van der Waals surface area (Å²) in [5, 5.41) is 0.428. The van der Waals surface area contributed by atoms with Crippen LogP contribution in [-0.2, 0) is 9.53 Å². The van der Waals surface area contributed by atoms with Gasteiger partial charge in [-0.2, -0.15) is 0 Å². The lowest BCUT2D eigenvalue weighted by atomic mass is 10.2. The summed E-state index contributed by atoms with van der Waals surface area (Å²) in [6.07, 6.45) is 3.65. The molecule has 2 aromatic rings. The second-order valence-corrected chi connectivity index (χ2v) is 7.10. The van der Waals surface area contributed by atoms with Crippen LogP contribution in [0.4, 0.5) is 13.9 Å². The minimum absolute atomic E-state index is 0.00806. The molecule has 23 heavy (non-hydrogen) atoms. The average Bonchev–Trinajstić information content (AvgIpc) is 3.06. The molecule has 0 N–H and O–H groups in total. The number of hydrogen-bond acceptors (Lipinski definition) is 4. The van der Waals surface area contributed by atoms with Crippen molar-refractivity contribution < 1.29 is 18.3 Å². The maximum Gasteiger partial charge on any atom is 0.231 e. The Morgan fingerprint density at radius 2 is 2.17 bits per heavy atom. The first-order chi connectivity index (χ1) is 11.1. The molecule has 2 fully saturated rings. The van der Waals surface area contributed by atoms with Crippen molar-refractivity contribution in [3.8, 4) is 0 Å². The number of hydrogen-bond donors (Lipinski definition) is 0. The van der Waals surface area contributed by atoms with Crippen molar-refractivity contribution in [2.75, 3.05) is 18.1 Å². The zero-order valence-electron chi connectivity index (χ0n) is 12.4. The van der Waals surface area contributed by atoms with E-state index in [0.29, 0.717) is 23.0 Å². The fraction of sp³-hybridized carbons (Fsp3) is 0.500. The van der Waals surface area contributed by atoms with E-state index in [1.165, 1.54) is 6.07 Å². The summed E-state index contributed by atoms with van der Waals surface area (Å²) in [5.74, 6) is -1.28. The second-order valence-electron chi connectivity index (χ2n) is 6.09. The van der Waals surface area contributed by atoms with Gasteiger partial charge in [-0.25, -0.2) is 13.8 Å². The van der Waals surface area contributed by atoms with Gasteiger partial charge in [0.2, 0.25) is 5.91 Å². The van der Waals surface area contributed by atoms with Crippen molar-refractivity contribution in [1.82, 2.24) is 4.98 Å². The highest BCUT2D eigenvalue weighted by Crippen LogP contribution is 2.37. The number of fused-ring (bicyclic) bond motifs is 1. The molecule has 1 aliphatic heterocycles. The summed E-state index contributed by atoms with van der Waals surface area (Å²) < 4.78 is 33.3. The maximum atomic E-state index is 13.9. The van der Waals surface area contributed by atoms with E-state index in [0.717, 1.165) is 43.1 Å². The van der Waals surface area contributed by atoms with Gasteiger partial charge in [0.05, 0.1) is 17.3 Å². The maximum absolute atomic E-state index is 13.9. The van der Waals surface area contributed by atoms with Gasteiger partial charge in [-0.05, 0) is 31.7 Å². The standard InChI is InChI=1S/C16H16F2N2O2S/c17-10-6-12(18)14-13(7-10)23-16(19-14)20(15(21)9-3-4-9)8-11-2-1-5-22-11/h6-7,9,11H,1-5,8H2/t11-/m1/s1. The van der Waals surface area contributed by atoms with Gasteiger partial charge in [-0.3, -0.25) is 9.69 Å². The molecule has 0 unspecified atom stereocenters. The lowest BCUT2D eigenvalue weighted by Crippen LogP contribution is -2.38. The summed E-state index contributed by atoms with van der Waals surface area (Å²) in [6, 6.07) is 2.07.